The molecule has 8 nitrogen and oxygen atoms in total. The Balaban J connectivity index is 1.82. The van der Waals surface area contributed by atoms with Crippen LogP contribution in [0.5, 0.6) is 0 Å². The number of ether oxygens (including phenoxy) is 1. The number of carbonyl (C=O) groups excluding carboxylic acids is 4. The number of imide groups is 1. The van der Waals surface area contributed by atoms with E-state index in [1.165, 1.54) is 11.8 Å². The van der Waals surface area contributed by atoms with Gasteiger partial charge in [-0.2, -0.15) is 0 Å². The maximum absolute atomic E-state index is 11.9. The van der Waals surface area contributed by atoms with E-state index in [0.29, 0.717) is 19.5 Å². The molecule has 2 aliphatic heterocycles. The number of urea groups is 1. The highest BCUT2D eigenvalue weighted by Crippen LogP contribution is 2.10. The maximum Gasteiger partial charge on any atom is 0.326 e. The Kier molecular flexibility index (Phi) is 4.21. The molecule has 0 spiro atoms. The van der Waals surface area contributed by atoms with Gasteiger partial charge >= 0.3 is 12.0 Å². The van der Waals surface area contributed by atoms with Crippen molar-refractivity contribution in [2.45, 2.75) is 25.9 Å². The van der Waals surface area contributed by atoms with E-state index in [1.54, 1.807) is 0 Å². The zero-order valence-corrected chi connectivity index (χ0v) is 11.3. The van der Waals surface area contributed by atoms with E-state index < -0.39 is 24.0 Å². The van der Waals surface area contributed by atoms with Crippen molar-refractivity contribution in [2.24, 2.45) is 0 Å². The summed E-state index contributed by atoms with van der Waals surface area (Å²) in [6.07, 6.45) is 0.133. The maximum atomic E-state index is 11.9. The molecule has 0 bridgehead atoms. The Hall–Kier alpha value is -2.12. The predicted molar refractivity (Wildman–Crippen MR) is 66.5 cm³/mol. The lowest BCUT2D eigenvalue weighted by Crippen LogP contribution is -2.43. The van der Waals surface area contributed by atoms with Crippen LogP contribution in [0.3, 0.4) is 0 Å². The summed E-state index contributed by atoms with van der Waals surface area (Å²) in [5.41, 5.74) is 0. The fraction of sp³-hybridized carbons (Fsp3) is 0.667. The summed E-state index contributed by atoms with van der Waals surface area (Å²) < 4.78 is 4.98. The highest BCUT2D eigenvalue weighted by molar-refractivity contribution is 5.98. The van der Waals surface area contributed by atoms with Crippen LogP contribution in [0.15, 0.2) is 0 Å². The van der Waals surface area contributed by atoms with Crippen LogP contribution in [-0.4, -0.2) is 65.9 Å². The number of amides is 4. The van der Waals surface area contributed by atoms with E-state index in [-0.39, 0.29) is 19.0 Å². The van der Waals surface area contributed by atoms with Gasteiger partial charge in [0.25, 0.3) is 5.91 Å². The first-order valence-corrected chi connectivity index (χ1v) is 6.55. The number of rotatable bonds is 4. The third-order valence-corrected chi connectivity index (χ3v) is 3.27. The molecule has 2 fully saturated rings. The van der Waals surface area contributed by atoms with Crippen LogP contribution in [0.4, 0.5) is 4.79 Å². The Morgan fingerprint density at radius 1 is 1.35 bits per heavy atom. The highest BCUT2D eigenvalue weighted by atomic mass is 16.5. The van der Waals surface area contributed by atoms with Crippen molar-refractivity contribution in [1.82, 2.24) is 15.1 Å². The molecule has 0 saturated carbocycles. The van der Waals surface area contributed by atoms with E-state index in [1.807, 2.05) is 0 Å². The number of nitrogens with one attached hydrogen (secondary N) is 1. The summed E-state index contributed by atoms with van der Waals surface area (Å²) in [4.78, 5) is 48.7. The van der Waals surface area contributed by atoms with Gasteiger partial charge in [-0.05, 0) is 13.3 Å². The number of esters is 1. The minimum absolute atomic E-state index is 0.0835. The number of likely N-dealkylation sites (tertiary alicyclic amines) is 1. The van der Waals surface area contributed by atoms with Crippen molar-refractivity contribution in [2.75, 3.05) is 26.2 Å². The first-order chi connectivity index (χ1) is 9.49. The van der Waals surface area contributed by atoms with Crippen molar-refractivity contribution >= 4 is 23.8 Å². The van der Waals surface area contributed by atoms with Crippen LogP contribution in [-0.2, 0) is 19.1 Å². The average Bonchev–Trinajstić information content (AvgIpc) is 2.98. The molecule has 110 valence electrons. The molecule has 0 aromatic carbocycles. The van der Waals surface area contributed by atoms with Crippen molar-refractivity contribution in [3.63, 3.8) is 0 Å². The monoisotopic (exact) mass is 283 g/mol. The first kappa shape index (κ1) is 14.3. The number of hydrogen-bond donors (Lipinski definition) is 1. The van der Waals surface area contributed by atoms with E-state index in [2.05, 4.69) is 5.32 Å². The lowest BCUT2D eigenvalue weighted by atomic mass is 10.3. The molecule has 0 aromatic heterocycles. The summed E-state index contributed by atoms with van der Waals surface area (Å²) in [7, 11) is 0. The standard InChI is InChI=1S/C12H17N3O5/c1-8(11(18)15-6-4-13-12(15)19)20-10(17)7-14-5-2-3-9(14)16/h8H,2-7H2,1H3,(H,13,19)/t8-/m0/s1. The normalized spacial score (nSPS) is 20.1. The van der Waals surface area contributed by atoms with E-state index in [9.17, 15) is 19.2 Å². The lowest BCUT2D eigenvalue weighted by molar-refractivity contribution is -0.159. The molecular formula is C12H17N3O5. The fourth-order valence-corrected chi connectivity index (χ4v) is 2.21. The Bertz CT molecular complexity index is 450. The minimum atomic E-state index is -1.04. The van der Waals surface area contributed by atoms with Gasteiger partial charge < -0.3 is 15.0 Å². The Morgan fingerprint density at radius 2 is 2.10 bits per heavy atom. The number of carbonyl (C=O) groups is 4. The third kappa shape index (κ3) is 3.06. The lowest BCUT2D eigenvalue weighted by Gasteiger charge is -2.20. The van der Waals surface area contributed by atoms with Gasteiger partial charge in [-0.15, -0.1) is 0 Å². The van der Waals surface area contributed by atoms with Crippen LogP contribution in [0.2, 0.25) is 0 Å². The molecule has 0 aliphatic carbocycles. The van der Waals surface area contributed by atoms with Crippen molar-refractivity contribution in [3.8, 4) is 0 Å². The highest BCUT2D eigenvalue weighted by Gasteiger charge is 2.32. The zero-order valence-electron chi connectivity index (χ0n) is 11.3. The fourth-order valence-electron chi connectivity index (χ4n) is 2.21. The van der Waals surface area contributed by atoms with Gasteiger partial charge in [0.2, 0.25) is 5.91 Å². The van der Waals surface area contributed by atoms with Gasteiger partial charge in [0.15, 0.2) is 6.10 Å². The first-order valence-electron chi connectivity index (χ1n) is 6.55. The molecule has 20 heavy (non-hydrogen) atoms. The van der Waals surface area contributed by atoms with Gasteiger partial charge in [-0.25, -0.2) is 4.79 Å². The molecular weight excluding hydrogens is 266 g/mol. The summed E-state index contributed by atoms with van der Waals surface area (Å²) >= 11 is 0. The number of nitrogens with zero attached hydrogens (tertiary/aromatic N) is 2. The largest absolute Gasteiger partial charge is 0.451 e. The zero-order chi connectivity index (χ0) is 14.7. The molecule has 1 atom stereocenters. The Morgan fingerprint density at radius 3 is 2.65 bits per heavy atom. The van der Waals surface area contributed by atoms with Gasteiger partial charge in [0.05, 0.1) is 0 Å². The predicted octanol–water partition coefficient (Wildman–Crippen LogP) is -0.908. The van der Waals surface area contributed by atoms with Crippen LogP contribution in [0.1, 0.15) is 19.8 Å². The molecule has 2 rings (SSSR count). The van der Waals surface area contributed by atoms with Crippen LogP contribution in [0.25, 0.3) is 0 Å². The molecule has 1 N–H and O–H groups in total. The van der Waals surface area contributed by atoms with E-state index in [0.717, 1.165) is 11.3 Å². The summed E-state index contributed by atoms with van der Waals surface area (Å²) in [6, 6.07) is -0.479. The smallest absolute Gasteiger partial charge is 0.326 e. The van der Waals surface area contributed by atoms with Crippen LogP contribution >= 0.6 is 0 Å². The van der Waals surface area contributed by atoms with Gasteiger partial charge in [-0.1, -0.05) is 0 Å². The van der Waals surface area contributed by atoms with Gasteiger partial charge in [0, 0.05) is 26.1 Å². The second-order valence-electron chi connectivity index (χ2n) is 4.77. The summed E-state index contributed by atoms with van der Waals surface area (Å²) in [5.74, 6) is -1.28. The van der Waals surface area contributed by atoms with Crippen molar-refractivity contribution in [1.29, 1.82) is 0 Å². The minimum Gasteiger partial charge on any atom is -0.451 e. The summed E-state index contributed by atoms with van der Waals surface area (Å²) in [6.45, 7) is 2.46. The molecule has 8 heteroatoms. The Labute approximate surface area is 116 Å². The van der Waals surface area contributed by atoms with Crippen LogP contribution < -0.4 is 5.32 Å². The van der Waals surface area contributed by atoms with Gasteiger partial charge in [-0.3, -0.25) is 19.3 Å². The van der Waals surface area contributed by atoms with Gasteiger partial charge in [0.1, 0.15) is 6.54 Å². The molecule has 0 radical (unpaired) electrons. The molecule has 2 heterocycles. The SMILES string of the molecule is C[C@H](OC(=O)CN1CCCC1=O)C(=O)N1CCNC1=O. The third-order valence-electron chi connectivity index (χ3n) is 3.27. The van der Waals surface area contributed by atoms with Crippen LogP contribution in [0, 0.1) is 0 Å². The van der Waals surface area contributed by atoms with Crippen molar-refractivity contribution in [3.05, 3.63) is 0 Å². The quantitative estimate of drug-likeness (QED) is 0.674. The molecule has 2 saturated heterocycles. The second-order valence-corrected chi connectivity index (χ2v) is 4.77. The average molecular weight is 283 g/mol. The molecule has 2 aliphatic rings. The van der Waals surface area contributed by atoms with E-state index in [4.69, 9.17) is 4.74 Å². The van der Waals surface area contributed by atoms with Crippen molar-refractivity contribution < 1.29 is 23.9 Å². The topological polar surface area (TPSA) is 96.0 Å². The summed E-state index contributed by atoms with van der Waals surface area (Å²) in [5, 5.41) is 2.50. The molecule has 0 unspecified atom stereocenters. The molecule has 0 aromatic rings. The van der Waals surface area contributed by atoms with E-state index >= 15 is 0 Å². The number of hydrogen-bond acceptors (Lipinski definition) is 5. The molecule has 4 amide bonds. The second kappa shape index (κ2) is 5.89.